The number of hydrogen-bond acceptors (Lipinski definition) is 3. The number of nitrogen functional groups attached to an aromatic ring is 1. The van der Waals surface area contributed by atoms with Gasteiger partial charge < -0.3 is 20.9 Å². The molecule has 1 aromatic carbocycles. The number of nitrogens with two attached hydrogens (primary N) is 1. The lowest BCUT2D eigenvalue weighted by Crippen LogP contribution is -2.49. The first-order chi connectivity index (χ1) is 12.9. The molecule has 27 heavy (non-hydrogen) atoms. The van der Waals surface area contributed by atoms with E-state index in [9.17, 15) is 9.59 Å². The largest absolute Gasteiger partial charge is 0.399 e. The van der Waals surface area contributed by atoms with E-state index >= 15 is 0 Å². The van der Waals surface area contributed by atoms with Crippen LogP contribution in [0.3, 0.4) is 0 Å². The van der Waals surface area contributed by atoms with Gasteiger partial charge in [0.05, 0.1) is 36.9 Å². The average molecular weight is 398 g/mol. The maximum absolute atomic E-state index is 12.2. The van der Waals surface area contributed by atoms with Gasteiger partial charge in [-0.3, -0.25) is 9.59 Å². The third kappa shape index (κ3) is 8.18. The monoisotopic (exact) mass is 397 g/mol. The van der Waals surface area contributed by atoms with E-state index in [1.165, 1.54) is 0 Å². The van der Waals surface area contributed by atoms with Gasteiger partial charge in [-0.2, -0.15) is 0 Å². The number of rotatable bonds is 13. The fourth-order valence-corrected chi connectivity index (χ4v) is 3.56. The predicted octanol–water partition coefficient (Wildman–Crippen LogP) is 3.41. The number of nitrogens with one attached hydrogen (secondary N) is 2. The first kappa shape index (κ1) is 23.2. The van der Waals surface area contributed by atoms with Crippen molar-refractivity contribution in [1.29, 1.82) is 0 Å². The van der Waals surface area contributed by atoms with Crippen LogP contribution >= 0.6 is 11.6 Å². The van der Waals surface area contributed by atoms with E-state index in [0.717, 1.165) is 56.3 Å². The van der Waals surface area contributed by atoms with Crippen molar-refractivity contribution < 1.29 is 14.1 Å². The minimum absolute atomic E-state index is 0.0317. The highest BCUT2D eigenvalue weighted by molar-refractivity contribution is 6.34. The van der Waals surface area contributed by atoms with Crippen LogP contribution in [0, 0.1) is 0 Å². The van der Waals surface area contributed by atoms with Crippen molar-refractivity contribution in [1.82, 2.24) is 5.32 Å². The van der Waals surface area contributed by atoms with Gasteiger partial charge in [0, 0.05) is 24.6 Å². The van der Waals surface area contributed by atoms with Gasteiger partial charge in [-0.1, -0.05) is 11.6 Å². The van der Waals surface area contributed by atoms with Crippen molar-refractivity contribution in [3.63, 3.8) is 0 Å². The molecule has 0 radical (unpaired) electrons. The summed E-state index contributed by atoms with van der Waals surface area (Å²) in [4.78, 5) is 22.7. The van der Waals surface area contributed by atoms with E-state index in [1.54, 1.807) is 18.2 Å². The van der Waals surface area contributed by atoms with Gasteiger partial charge in [0.2, 0.25) is 12.3 Å². The lowest BCUT2D eigenvalue weighted by molar-refractivity contribution is -0.925. The number of amides is 2. The zero-order valence-corrected chi connectivity index (χ0v) is 17.5. The first-order valence-electron chi connectivity index (χ1n) is 9.75. The summed E-state index contributed by atoms with van der Waals surface area (Å²) >= 11 is 6.11. The highest BCUT2D eigenvalue weighted by Crippen LogP contribution is 2.24. The molecular weight excluding hydrogens is 364 g/mol. The third-order valence-electron chi connectivity index (χ3n) is 5.27. The molecule has 0 saturated carbocycles. The molecule has 1 unspecified atom stereocenters. The van der Waals surface area contributed by atoms with Crippen LogP contribution in [0.1, 0.15) is 46.5 Å². The van der Waals surface area contributed by atoms with Gasteiger partial charge in [0.1, 0.15) is 0 Å². The minimum Gasteiger partial charge on any atom is -0.399 e. The summed E-state index contributed by atoms with van der Waals surface area (Å²) in [6, 6.07) is 5.28. The fourth-order valence-electron chi connectivity index (χ4n) is 3.32. The molecule has 0 heterocycles. The molecule has 1 aromatic rings. The van der Waals surface area contributed by atoms with E-state index in [2.05, 4.69) is 24.5 Å². The predicted molar refractivity (Wildman–Crippen MR) is 113 cm³/mol. The standard InChI is InChI=1S/C20H33ClN4O2/c1-4-25(5-2,12-6-8-16(3)23-15-26)13-7-9-20(27)24-19-11-10-17(22)14-18(19)21/h10-11,14-16H,4-9,12-13,22H2,1-3H3,(H-,23,24,26,27)/p+1. The highest BCUT2D eigenvalue weighted by Gasteiger charge is 2.23. The van der Waals surface area contributed by atoms with Crippen molar-refractivity contribution in [2.75, 3.05) is 37.2 Å². The van der Waals surface area contributed by atoms with Gasteiger partial charge in [-0.25, -0.2) is 0 Å². The lowest BCUT2D eigenvalue weighted by Gasteiger charge is -2.37. The maximum atomic E-state index is 12.2. The molecule has 1 rings (SSSR count). The fraction of sp³-hybridized carbons (Fsp3) is 0.600. The Labute approximate surface area is 168 Å². The number of benzene rings is 1. The minimum atomic E-state index is -0.0317. The molecule has 0 aliphatic rings. The van der Waals surface area contributed by atoms with Crippen LogP contribution in [-0.2, 0) is 9.59 Å². The molecule has 4 N–H and O–H groups in total. The molecule has 0 bridgehead atoms. The summed E-state index contributed by atoms with van der Waals surface area (Å²) in [5.74, 6) is -0.0317. The second kappa shape index (κ2) is 11.8. The Hall–Kier alpha value is -1.79. The van der Waals surface area contributed by atoms with Crippen LogP contribution in [0.5, 0.6) is 0 Å². The molecule has 0 spiro atoms. The topological polar surface area (TPSA) is 84.2 Å². The van der Waals surface area contributed by atoms with Crippen LogP contribution in [0.2, 0.25) is 5.02 Å². The Morgan fingerprint density at radius 1 is 1.26 bits per heavy atom. The van der Waals surface area contributed by atoms with Crippen LogP contribution in [-0.4, -0.2) is 49.0 Å². The Morgan fingerprint density at radius 3 is 2.52 bits per heavy atom. The van der Waals surface area contributed by atoms with Crippen molar-refractivity contribution in [3.05, 3.63) is 23.2 Å². The first-order valence-corrected chi connectivity index (χ1v) is 10.1. The molecule has 0 fully saturated rings. The van der Waals surface area contributed by atoms with Crippen molar-refractivity contribution >= 4 is 35.3 Å². The van der Waals surface area contributed by atoms with Crippen LogP contribution in [0.4, 0.5) is 11.4 Å². The number of quaternary nitrogens is 1. The average Bonchev–Trinajstić information content (AvgIpc) is 2.63. The second-order valence-corrected chi connectivity index (χ2v) is 7.55. The van der Waals surface area contributed by atoms with Gasteiger partial charge in [-0.15, -0.1) is 0 Å². The smallest absolute Gasteiger partial charge is 0.224 e. The summed E-state index contributed by atoms with van der Waals surface area (Å²) in [6.07, 6.45) is 4.07. The number of anilines is 2. The molecule has 1 atom stereocenters. The molecular formula is C20H34ClN4O2+. The molecule has 0 aromatic heterocycles. The summed E-state index contributed by atoms with van der Waals surface area (Å²) < 4.78 is 0.990. The Morgan fingerprint density at radius 2 is 1.93 bits per heavy atom. The van der Waals surface area contributed by atoms with Crippen molar-refractivity contribution in [2.45, 2.75) is 52.5 Å². The Kier molecular flexibility index (Phi) is 10.2. The molecule has 0 aliphatic carbocycles. The van der Waals surface area contributed by atoms with Gasteiger partial charge in [-0.05, 0) is 51.8 Å². The summed E-state index contributed by atoms with van der Waals surface area (Å²) in [5.41, 5.74) is 6.84. The van der Waals surface area contributed by atoms with E-state index in [1.807, 2.05) is 6.92 Å². The summed E-state index contributed by atoms with van der Waals surface area (Å²) in [7, 11) is 0. The van der Waals surface area contributed by atoms with E-state index in [4.69, 9.17) is 17.3 Å². The number of halogens is 1. The molecule has 0 saturated heterocycles. The zero-order chi connectivity index (χ0) is 20.3. The van der Waals surface area contributed by atoms with E-state index in [0.29, 0.717) is 22.8 Å². The number of hydrogen-bond donors (Lipinski definition) is 3. The molecule has 7 heteroatoms. The SMILES string of the molecule is CC[N+](CC)(CCCC(=O)Nc1ccc(N)cc1Cl)CCCC(C)NC=O. The van der Waals surface area contributed by atoms with Crippen LogP contribution < -0.4 is 16.4 Å². The van der Waals surface area contributed by atoms with Crippen molar-refractivity contribution in [3.8, 4) is 0 Å². The normalized spacial score (nSPS) is 12.4. The van der Waals surface area contributed by atoms with Crippen LogP contribution in [0.25, 0.3) is 0 Å². The molecule has 2 amide bonds. The van der Waals surface area contributed by atoms with Gasteiger partial charge >= 0.3 is 0 Å². The quantitative estimate of drug-likeness (QED) is 0.271. The van der Waals surface area contributed by atoms with Crippen molar-refractivity contribution in [2.24, 2.45) is 0 Å². The molecule has 6 nitrogen and oxygen atoms in total. The van der Waals surface area contributed by atoms with Crippen LogP contribution in [0.15, 0.2) is 18.2 Å². The molecule has 0 aliphatic heterocycles. The number of nitrogens with zero attached hydrogens (tertiary/aromatic N) is 1. The Balaban J connectivity index is 2.46. The number of carbonyl (C=O) groups is 2. The third-order valence-corrected chi connectivity index (χ3v) is 5.58. The highest BCUT2D eigenvalue weighted by atomic mass is 35.5. The molecule has 152 valence electrons. The van der Waals surface area contributed by atoms with E-state index in [-0.39, 0.29) is 11.9 Å². The van der Waals surface area contributed by atoms with Gasteiger partial charge in [0.25, 0.3) is 0 Å². The van der Waals surface area contributed by atoms with Gasteiger partial charge in [0.15, 0.2) is 0 Å². The Bertz CT molecular complexity index is 606. The number of carbonyl (C=O) groups excluding carboxylic acids is 2. The van der Waals surface area contributed by atoms with E-state index < -0.39 is 0 Å². The second-order valence-electron chi connectivity index (χ2n) is 7.14. The maximum Gasteiger partial charge on any atom is 0.224 e. The zero-order valence-electron chi connectivity index (χ0n) is 16.8. The summed E-state index contributed by atoms with van der Waals surface area (Å²) in [6.45, 7) is 10.5. The summed E-state index contributed by atoms with van der Waals surface area (Å²) in [5, 5.41) is 6.11. The lowest BCUT2D eigenvalue weighted by atomic mass is 10.1.